The van der Waals surface area contributed by atoms with Crippen LogP contribution in [0.5, 0.6) is 0 Å². The normalized spacial score (nSPS) is 10.6. The molecule has 2 aromatic rings. The van der Waals surface area contributed by atoms with Crippen molar-refractivity contribution in [3.63, 3.8) is 0 Å². The number of aromatic nitrogens is 2. The van der Waals surface area contributed by atoms with Crippen LogP contribution in [0.3, 0.4) is 0 Å². The molecule has 4 nitrogen and oxygen atoms in total. The van der Waals surface area contributed by atoms with Gasteiger partial charge in [0.05, 0.1) is 17.1 Å². The van der Waals surface area contributed by atoms with E-state index in [0.717, 1.165) is 28.5 Å². The van der Waals surface area contributed by atoms with Crippen molar-refractivity contribution in [1.82, 2.24) is 9.78 Å². The van der Waals surface area contributed by atoms with Gasteiger partial charge in [-0.1, -0.05) is 0 Å². The molecule has 1 heterocycles. The van der Waals surface area contributed by atoms with Crippen LogP contribution < -0.4 is 10.6 Å². The summed E-state index contributed by atoms with van der Waals surface area (Å²) in [4.78, 5) is 2.05. The molecule has 0 saturated carbocycles. The molecular weight excluding hydrogens is 212 g/mol. The van der Waals surface area contributed by atoms with Gasteiger partial charge >= 0.3 is 0 Å². The Labute approximate surface area is 102 Å². The molecule has 0 aliphatic carbocycles. The molecule has 0 amide bonds. The van der Waals surface area contributed by atoms with E-state index < -0.39 is 0 Å². The van der Waals surface area contributed by atoms with Crippen molar-refractivity contribution < 1.29 is 0 Å². The van der Waals surface area contributed by atoms with Crippen molar-refractivity contribution in [3.05, 3.63) is 35.7 Å². The monoisotopic (exact) mass is 230 g/mol. The van der Waals surface area contributed by atoms with Crippen LogP contribution in [0.15, 0.2) is 24.3 Å². The quantitative estimate of drug-likeness (QED) is 0.804. The molecular formula is C13H18N4. The summed E-state index contributed by atoms with van der Waals surface area (Å²) >= 11 is 0. The lowest BCUT2D eigenvalue weighted by atomic mass is 10.2. The number of benzene rings is 1. The molecule has 17 heavy (non-hydrogen) atoms. The van der Waals surface area contributed by atoms with Crippen LogP contribution in [0.2, 0.25) is 0 Å². The van der Waals surface area contributed by atoms with Crippen LogP contribution >= 0.6 is 0 Å². The lowest BCUT2D eigenvalue weighted by molar-refractivity contribution is 0.835. The van der Waals surface area contributed by atoms with Crippen LogP contribution in [-0.2, 0) is 0 Å². The van der Waals surface area contributed by atoms with Crippen molar-refractivity contribution in [2.45, 2.75) is 13.8 Å². The molecule has 0 saturated heterocycles. The van der Waals surface area contributed by atoms with Gasteiger partial charge in [-0.3, -0.25) is 0 Å². The molecule has 0 aliphatic heterocycles. The first-order chi connectivity index (χ1) is 7.99. The van der Waals surface area contributed by atoms with Gasteiger partial charge in [0.2, 0.25) is 0 Å². The number of aryl methyl sites for hydroxylation is 2. The topological polar surface area (TPSA) is 47.1 Å². The molecule has 0 unspecified atom stereocenters. The fraction of sp³-hybridized carbons (Fsp3) is 0.308. The third-order valence-corrected chi connectivity index (χ3v) is 2.77. The van der Waals surface area contributed by atoms with E-state index in [1.165, 1.54) is 0 Å². The third-order valence-electron chi connectivity index (χ3n) is 2.77. The van der Waals surface area contributed by atoms with E-state index in [1.54, 1.807) is 0 Å². The summed E-state index contributed by atoms with van der Waals surface area (Å²) in [5.41, 5.74) is 10.9. The molecule has 0 atom stereocenters. The second-order valence-corrected chi connectivity index (χ2v) is 4.48. The van der Waals surface area contributed by atoms with E-state index in [9.17, 15) is 0 Å². The molecule has 1 aromatic carbocycles. The Morgan fingerprint density at radius 1 is 1.18 bits per heavy atom. The molecule has 4 heteroatoms. The zero-order valence-corrected chi connectivity index (χ0v) is 10.7. The smallest absolute Gasteiger partial charge is 0.0898 e. The fourth-order valence-corrected chi connectivity index (χ4v) is 1.87. The summed E-state index contributed by atoms with van der Waals surface area (Å²) in [5.74, 6) is 0. The number of nitrogens with zero attached hydrogens (tertiary/aromatic N) is 3. The van der Waals surface area contributed by atoms with Gasteiger partial charge in [-0.25, -0.2) is 4.68 Å². The van der Waals surface area contributed by atoms with Crippen molar-refractivity contribution in [3.8, 4) is 5.69 Å². The highest BCUT2D eigenvalue weighted by atomic mass is 15.3. The summed E-state index contributed by atoms with van der Waals surface area (Å²) in [7, 11) is 4.02. The molecule has 2 rings (SSSR count). The molecule has 90 valence electrons. The Morgan fingerprint density at radius 3 is 2.41 bits per heavy atom. The van der Waals surface area contributed by atoms with Crippen LogP contribution in [0.4, 0.5) is 11.4 Å². The highest BCUT2D eigenvalue weighted by Gasteiger charge is 2.08. The molecule has 2 N–H and O–H groups in total. The predicted octanol–water partition coefficient (Wildman–Crippen LogP) is 2.14. The van der Waals surface area contributed by atoms with Gasteiger partial charge in [0.25, 0.3) is 0 Å². The Kier molecular flexibility index (Phi) is 2.79. The van der Waals surface area contributed by atoms with Gasteiger partial charge in [-0.2, -0.15) is 5.10 Å². The van der Waals surface area contributed by atoms with Crippen LogP contribution in [-0.4, -0.2) is 23.9 Å². The molecule has 0 radical (unpaired) electrons. The number of nitrogen functional groups attached to an aromatic ring is 1. The third kappa shape index (κ3) is 2.11. The van der Waals surface area contributed by atoms with E-state index in [4.69, 9.17) is 5.73 Å². The number of rotatable bonds is 2. The molecule has 1 aromatic heterocycles. The molecule has 0 bridgehead atoms. The Balaban J connectivity index is 2.58. The predicted molar refractivity (Wildman–Crippen MR) is 71.8 cm³/mol. The average molecular weight is 230 g/mol. The standard InChI is InChI=1S/C13H18N4/c1-9-7-10(2)17(15-9)13-8-11(16(3)4)5-6-12(13)14/h5-8H,14H2,1-4H3. The van der Waals surface area contributed by atoms with Gasteiger partial charge in [0.1, 0.15) is 0 Å². The second-order valence-electron chi connectivity index (χ2n) is 4.48. The fourth-order valence-electron chi connectivity index (χ4n) is 1.87. The van der Waals surface area contributed by atoms with Gasteiger partial charge < -0.3 is 10.6 Å². The summed E-state index contributed by atoms with van der Waals surface area (Å²) < 4.78 is 1.89. The minimum Gasteiger partial charge on any atom is -0.397 e. The zero-order chi connectivity index (χ0) is 12.6. The van der Waals surface area contributed by atoms with Gasteiger partial charge in [-0.05, 0) is 38.1 Å². The number of hydrogen-bond donors (Lipinski definition) is 1. The average Bonchev–Trinajstić information content (AvgIpc) is 2.58. The van der Waals surface area contributed by atoms with Crippen LogP contribution in [0.1, 0.15) is 11.4 Å². The van der Waals surface area contributed by atoms with E-state index in [-0.39, 0.29) is 0 Å². The lowest BCUT2D eigenvalue weighted by Gasteiger charge is -2.15. The first-order valence-corrected chi connectivity index (χ1v) is 5.59. The van der Waals surface area contributed by atoms with E-state index in [1.807, 2.05) is 50.8 Å². The Morgan fingerprint density at radius 2 is 1.88 bits per heavy atom. The summed E-state index contributed by atoms with van der Waals surface area (Å²) in [6.07, 6.45) is 0. The van der Waals surface area contributed by atoms with Gasteiger partial charge in [-0.15, -0.1) is 0 Å². The Hall–Kier alpha value is -1.97. The SMILES string of the molecule is Cc1cc(C)n(-c2cc(N(C)C)ccc2N)n1. The van der Waals surface area contributed by atoms with Gasteiger partial charge in [0.15, 0.2) is 0 Å². The second kappa shape index (κ2) is 4.13. The maximum absolute atomic E-state index is 6.02. The van der Waals surface area contributed by atoms with Crippen molar-refractivity contribution in [1.29, 1.82) is 0 Å². The van der Waals surface area contributed by atoms with Crippen molar-refractivity contribution in [2.24, 2.45) is 0 Å². The van der Waals surface area contributed by atoms with Crippen LogP contribution in [0, 0.1) is 13.8 Å². The first kappa shape index (κ1) is 11.5. The summed E-state index contributed by atoms with van der Waals surface area (Å²) in [6.45, 7) is 4.01. The molecule has 0 spiro atoms. The number of nitrogens with two attached hydrogens (primary N) is 1. The van der Waals surface area contributed by atoms with Crippen molar-refractivity contribution >= 4 is 11.4 Å². The minimum atomic E-state index is 0.738. The highest BCUT2D eigenvalue weighted by Crippen LogP contribution is 2.24. The summed E-state index contributed by atoms with van der Waals surface area (Å²) in [5, 5.41) is 4.46. The zero-order valence-electron chi connectivity index (χ0n) is 10.7. The molecule has 0 fully saturated rings. The van der Waals surface area contributed by atoms with E-state index in [0.29, 0.717) is 0 Å². The maximum atomic E-state index is 6.02. The maximum Gasteiger partial charge on any atom is 0.0898 e. The number of hydrogen-bond acceptors (Lipinski definition) is 3. The van der Waals surface area contributed by atoms with Crippen molar-refractivity contribution in [2.75, 3.05) is 24.7 Å². The van der Waals surface area contributed by atoms with E-state index >= 15 is 0 Å². The lowest BCUT2D eigenvalue weighted by Crippen LogP contribution is -2.11. The Bertz CT molecular complexity index is 540. The largest absolute Gasteiger partial charge is 0.397 e. The minimum absolute atomic E-state index is 0.738. The van der Waals surface area contributed by atoms with Gasteiger partial charge in [0, 0.05) is 25.5 Å². The number of anilines is 2. The summed E-state index contributed by atoms with van der Waals surface area (Å²) in [6, 6.07) is 8.02. The van der Waals surface area contributed by atoms with Crippen LogP contribution in [0.25, 0.3) is 5.69 Å². The molecule has 0 aliphatic rings. The highest BCUT2D eigenvalue weighted by molar-refractivity contribution is 5.65. The first-order valence-electron chi connectivity index (χ1n) is 5.59. The van der Waals surface area contributed by atoms with E-state index in [2.05, 4.69) is 16.1 Å².